The lowest BCUT2D eigenvalue weighted by Gasteiger charge is -2.07. The van der Waals surface area contributed by atoms with E-state index in [1.807, 2.05) is 31.2 Å². The van der Waals surface area contributed by atoms with Crippen LogP contribution in [0.3, 0.4) is 0 Å². The van der Waals surface area contributed by atoms with Gasteiger partial charge in [-0.3, -0.25) is 4.79 Å². The molecular formula is C24H21N3O3. The fourth-order valence-electron chi connectivity index (χ4n) is 3.15. The van der Waals surface area contributed by atoms with Gasteiger partial charge in [-0.1, -0.05) is 18.2 Å². The van der Waals surface area contributed by atoms with E-state index >= 15 is 0 Å². The van der Waals surface area contributed by atoms with E-state index in [4.69, 9.17) is 4.74 Å². The highest BCUT2D eigenvalue weighted by Gasteiger charge is 2.10. The Bertz CT molecular complexity index is 1210. The SMILES string of the molecule is CCOC(=O)c1ccc(NC(=O)c2ccc(-c3nc4ccc(C)cc4[nH]3)cc2)cc1. The Labute approximate surface area is 173 Å². The number of aryl methyl sites for hydroxylation is 1. The summed E-state index contributed by atoms with van der Waals surface area (Å²) in [5, 5.41) is 2.83. The average Bonchev–Trinajstić information content (AvgIpc) is 3.17. The standard InChI is InChI=1S/C24H21N3O3/c1-3-30-24(29)18-9-11-19(12-10-18)25-23(28)17-7-5-16(6-8-17)22-26-20-13-4-15(2)14-21(20)27-22/h4-14H,3H2,1-2H3,(H,25,28)(H,26,27). The zero-order valence-electron chi connectivity index (χ0n) is 16.7. The summed E-state index contributed by atoms with van der Waals surface area (Å²) in [7, 11) is 0. The minimum Gasteiger partial charge on any atom is -0.462 e. The van der Waals surface area contributed by atoms with Crippen LogP contribution in [-0.2, 0) is 4.74 Å². The number of carbonyl (C=O) groups is 2. The van der Waals surface area contributed by atoms with E-state index in [1.54, 1.807) is 43.3 Å². The predicted octanol–water partition coefficient (Wildman–Crippen LogP) is 4.97. The molecule has 0 saturated heterocycles. The summed E-state index contributed by atoms with van der Waals surface area (Å²) in [6.45, 7) is 4.12. The quantitative estimate of drug-likeness (QED) is 0.464. The van der Waals surface area contributed by atoms with Crippen molar-refractivity contribution >= 4 is 28.6 Å². The topological polar surface area (TPSA) is 84.1 Å². The molecular weight excluding hydrogens is 378 g/mol. The zero-order valence-corrected chi connectivity index (χ0v) is 16.7. The zero-order chi connectivity index (χ0) is 21.1. The molecule has 6 heteroatoms. The van der Waals surface area contributed by atoms with Crippen molar-refractivity contribution in [1.82, 2.24) is 9.97 Å². The molecule has 1 heterocycles. The molecule has 30 heavy (non-hydrogen) atoms. The van der Waals surface area contributed by atoms with Crippen molar-refractivity contribution in [3.8, 4) is 11.4 Å². The molecule has 1 aromatic heterocycles. The van der Waals surface area contributed by atoms with Crippen molar-refractivity contribution in [2.45, 2.75) is 13.8 Å². The van der Waals surface area contributed by atoms with Gasteiger partial charge in [-0.15, -0.1) is 0 Å². The summed E-state index contributed by atoms with van der Waals surface area (Å²) in [6, 6.07) is 19.9. The summed E-state index contributed by atoms with van der Waals surface area (Å²) in [5.74, 6) is 0.148. The molecule has 0 unspecified atom stereocenters. The number of amides is 1. The van der Waals surface area contributed by atoms with Gasteiger partial charge in [-0.25, -0.2) is 9.78 Å². The number of H-pyrrole nitrogens is 1. The first-order chi connectivity index (χ1) is 14.5. The van der Waals surface area contributed by atoms with Gasteiger partial charge >= 0.3 is 5.97 Å². The van der Waals surface area contributed by atoms with Crippen LogP contribution >= 0.6 is 0 Å². The van der Waals surface area contributed by atoms with E-state index in [0.29, 0.717) is 23.4 Å². The van der Waals surface area contributed by atoms with Gasteiger partial charge in [0.2, 0.25) is 0 Å². The third-order valence-corrected chi connectivity index (χ3v) is 4.71. The maximum atomic E-state index is 12.5. The van der Waals surface area contributed by atoms with Crippen molar-refractivity contribution < 1.29 is 14.3 Å². The number of nitrogens with one attached hydrogen (secondary N) is 2. The van der Waals surface area contributed by atoms with Gasteiger partial charge in [0.05, 0.1) is 23.2 Å². The molecule has 3 aromatic carbocycles. The Balaban J connectivity index is 1.46. The maximum Gasteiger partial charge on any atom is 0.338 e. The van der Waals surface area contributed by atoms with Crippen LogP contribution in [0.25, 0.3) is 22.4 Å². The fraction of sp³-hybridized carbons (Fsp3) is 0.125. The lowest BCUT2D eigenvalue weighted by molar-refractivity contribution is 0.0526. The normalized spacial score (nSPS) is 10.7. The molecule has 6 nitrogen and oxygen atoms in total. The summed E-state index contributed by atoms with van der Waals surface area (Å²) in [4.78, 5) is 32.2. The van der Waals surface area contributed by atoms with E-state index in [-0.39, 0.29) is 11.9 Å². The first-order valence-electron chi connectivity index (χ1n) is 9.69. The predicted molar refractivity (Wildman–Crippen MR) is 117 cm³/mol. The second-order valence-corrected chi connectivity index (χ2v) is 6.94. The molecule has 0 aliphatic rings. The number of rotatable bonds is 5. The summed E-state index contributed by atoms with van der Waals surface area (Å²) in [5.41, 5.74) is 5.53. The molecule has 0 saturated carbocycles. The van der Waals surface area contributed by atoms with Crippen LogP contribution in [0.15, 0.2) is 66.7 Å². The van der Waals surface area contributed by atoms with Gasteiger partial charge in [0.1, 0.15) is 5.82 Å². The number of anilines is 1. The maximum absolute atomic E-state index is 12.5. The van der Waals surface area contributed by atoms with Gasteiger partial charge in [-0.05, 0) is 67.9 Å². The number of hydrogen-bond donors (Lipinski definition) is 2. The number of hydrogen-bond acceptors (Lipinski definition) is 4. The fourth-order valence-corrected chi connectivity index (χ4v) is 3.15. The van der Waals surface area contributed by atoms with E-state index < -0.39 is 0 Å². The summed E-state index contributed by atoms with van der Waals surface area (Å²) in [6.07, 6.45) is 0. The van der Waals surface area contributed by atoms with Crippen LogP contribution in [-0.4, -0.2) is 28.5 Å². The smallest absolute Gasteiger partial charge is 0.338 e. The molecule has 150 valence electrons. The highest BCUT2D eigenvalue weighted by Crippen LogP contribution is 2.22. The Morgan fingerprint density at radius 1 is 0.967 bits per heavy atom. The average molecular weight is 399 g/mol. The molecule has 0 fully saturated rings. The molecule has 1 amide bonds. The van der Waals surface area contributed by atoms with Crippen LogP contribution in [0.5, 0.6) is 0 Å². The number of nitrogens with zero attached hydrogens (tertiary/aromatic N) is 1. The van der Waals surface area contributed by atoms with Gasteiger partial charge < -0.3 is 15.0 Å². The Hall–Kier alpha value is -3.93. The van der Waals surface area contributed by atoms with Crippen molar-refractivity contribution in [1.29, 1.82) is 0 Å². The molecule has 0 spiro atoms. The number of fused-ring (bicyclic) bond motifs is 1. The third kappa shape index (κ3) is 4.07. The minimum absolute atomic E-state index is 0.231. The molecule has 0 atom stereocenters. The van der Waals surface area contributed by atoms with Crippen molar-refractivity contribution in [2.75, 3.05) is 11.9 Å². The third-order valence-electron chi connectivity index (χ3n) is 4.71. The van der Waals surface area contributed by atoms with E-state index in [0.717, 1.165) is 22.4 Å². The second-order valence-electron chi connectivity index (χ2n) is 6.94. The van der Waals surface area contributed by atoms with Gasteiger partial charge in [-0.2, -0.15) is 0 Å². The number of benzene rings is 3. The number of ether oxygens (including phenoxy) is 1. The number of carbonyl (C=O) groups excluding carboxylic acids is 2. The Morgan fingerprint density at radius 3 is 2.37 bits per heavy atom. The molecule has 0 bridgehead atoms. The lowest BCUT2D eigenvalue weighted by atomic mass is 10.1. The summed E-state index contributed by atoms with van der Waals surface area (Å²) >= 11 is 0. The van der Waals surface area contributed by atoms with Crippen molar-refractivity contribution in [3.63, 3.8) is 0 Å². The largest absolute Gasteiger partial charge is 0.462 e. The number of aromatic nitrogens is 2. The van der Waals surface area contributed by atoms with Gasteiger partial charge in [0, 0.05) is 16.8 Å². The summed E-state index contributed by atoms with van der Waals surface area (Å²) < 4.78 is 4.96. The van der Waals surface area contributed by atoms with Crippen LogP contribution < -0.4 is 5.32 Å². The second kappa shape index (κ2) is 8.21. The highest BCUT2D eigenvalue weighted by atomic mass is 16.5. The number of aromatic amines is 1. The van der Waals surface area contributed by atoms with Crippen LogP contribution in [0.4, 0.5) is 5.69 Å². The molecule has 2 N–H and O–H groups in total. The Morgan fingerprint density at radius 2 is 1.67 bits per heavy atom. The van der Waals surface area contributed by atoms with Crippen molar-refractivity contribution in [3.05, 3.63) is 83.4 Å². The highest BCUT2D eigenvalue weighted by molar-refractivity contribution is 6.04. The van der Waals surface area contributed by atoms with Crippen LogP contribution in [0.2, 0.25) is 0 Å². The number of esters is 1. The van der Waals surface area contributed by atoms with Gasteiger partial charge in [0.15, 0.2) is 0 Å². The van der Waals surface area contributed by atoms with E-state index in [2.05, 4.69) is 21.4 Å². The molecule has 4 aromatic rings. The van der Waals surface area contributed by atoms with Gasteiger partial charge in [0.25, 0.3) is 5.91 Å². The molecule has 0 aliphatic heterocycles. The monoisotopic (exact) mass is 399 g/mol. The van der Waals surface area contributed by atoms with Crippen LogP contribution in [0, 0.1) is 6.92 Å². The Kier molecular flexibility index (Phi) is 5.30. The lowest BCUT2D eigenvalue weighted by Crippen LogP contribution is -2.12. The molecule has 4 rings (SSSR count). The minimum atomic E-state index is -0.383. The van der Waals surface area contributed by atoms with Crippen molar-refractivity contribution in [2.24, 2.45) is 0 Å². The molecule has 0 radical (unpaired) electrons. The first-order valence-corrected chi connectivity index (χ1v) is 9.69. The number of imidazole rings is 1. The van der Waals surface area contributed by atoms with E-state index in [9.17, 15) is 9.59 Å². The first kappa shape index (κ1) is 19.4. The molecule has 0 aliphatic carbocycles. The van der Waals surface area contributed by atoms with Crippen LogP contribution in [0.1, 0.15) is 33.2 Å². The van der Waals surface area contributed by atoms with E-state index in [1.165, 1.54) is 5.56 Å².